The third kappa shape index (κ3) is 3.79. The lowest BCUT2D eigenvalue weighted by molar-refractivity contribution is -0.152. The van der Waals surface area contributed by atoms with Crippen LogP contribution in [-0.4, -0.2) is 42.1 Å². The smallest absolute Gasteiger partial charge is 0.227 e. The van der Waals surface area contributed by atoms with Gasteiger partial charge in [-0.15, -0.1) is 0 Å². The third-order valence-corrected chi connectivity index (χ3v) is 7.08. The molecule has 0 aliphatic carbocycles. The molecule has 5 atom stereocenters. The zero-order valence-corrected chi connectivity index (χ0v) is 17.9. The van der Waals surface area contributed by atoms with E-state index in [9.17, 15) is 27.5 Å². The van der Waals surface area contributed by atoms with Gasteiger partial charge in [0.05, 0.1) is 11.5 Å². The zero-order valence-electron chi connectivity index (χ0n) is 17.9. The predicted molar refractivity (Wildman–Crippen MR) is 111 cm³/mol. The summed E-state index contributed by atoms with van der Waals surface area (Å²) >= 11 is 0. The number of likely N-dealkylation sites (tertiary alicyclic amines) is 1. The van der Waals surface area contributed by atoms with E-state index in [0.717, 1.165) is 18.2 Å². The average Bonchev–Trinajstić information content (AvgIpc) is 3.22. The van der Waals surface area contributed by atoms with Gasteiger partial charge in [-0.3, -0.25) is 4.79 Å². The molecule has 8 heteroatoms. The van der Waals surface area contributed by atoms with E-state index >= 15 is 0 Å². The van der Waals surface area contributed by atoms with Crippen molar-refractivity contribution in [1.82, 2.24) is 10.2 Å². The molecular formula is C24H26F4N2O2. The summed E-state index contributed by atoms with van der Waals surface area (Å²) in [5.74, 6) is -5.39. The molecule has 2 fully saturated rings. The summed E-state index contributed by atoms with van der Waals surface area (Å²) in [6.07, 6.45) is 0. The van der Waals surface area contributed by atoms with Gasteiger partial charge in [0.25, 0.3) is 0 Å². The van der Waals surface area contributed by atoms with Crippen LogP contribution in [0.4, 0.5) is 17.6 Å². The van der Waals surface area contributed by atoms with Crippen LogP contribution in [-0.2, 0) is 10.4 Å². The van der Waals surface area contributed by atoms with Gasteiger partial charge in [-0.05, 0) is 29.3 Å². The highest BCUT2D eigenvalue weighted by Crippen LogP contribution is 2.42. The van der Waals surface area contributed by atoms with E-state index in [1.54, 1.807) is 18.7 Å². The molecule has 0 bridgehead atoms. The highest BCUT2D eigenvalue weighted by Gasteiger charge is 2.48. The van der Waals surface area contributed by atoms with Gasteiger partial charge in [0, 0.05) is 50.0 Å². The van der Waals surface area contributed by atoms with Crippen LogP contribution >= 0.6 is 0 Å². The van der Waals surface area contributed by atoms with Crippen molar-refractivity contribution in [1.29, 1.82) is 0 Å². The molecule has 32 heavy (non-hydrogen) atoms. The first kappa shape index (κ1) is 22.7. The average molecular weight is 450 g/mol. The lowest BCUT2D eigenvalue weighted by Gasteiger charge is -2.48. The fraction of sp³-hybridized carbons (Fsp3) is 0.458. The van der Waals surface area contributed by atoms with E-state index in [2.05, 4.69) is 5.32 Å². The summed E-state index contributed by atoms with van der Waals surface area (Å²) in [4.78, 5) is 15.0. The van der Waals surface area contributed by atoms with Crippen LogP contribution in [0.3, 0.4) is 0 Å². The second-order valence-corrected chi connectivity index (χ2v) is 9.04. The Bertz CT molecular complexity index is 1020. The fourth-order valence-corrected chi connectivity index (χ4v) is 5.30. The molecular weight excluding hydrogens is 424 g/mol. The Labute approximate surface area is 184 Å². The molecule has 172 valence electrons. The molecule has 2 saturated heterocycles. The molecule has 0 saturated carbocycles. The van der Waals surface area contributed by atoms with Crippen molar-refractivity contribution in [3.63, 3.8) is 0 Å². The number of carbonyl (C=O) groups is 1. The standard InChI is InChI=1S/C24H26F4N2O2/c1-13-11-30(12-14(2)24(13,32)15-3-6-20(26)22(28)7-15)23(31)19-10-29-9-18(19)17-5-4-16(25)8-21(17)27/h3-8,13-14,18-19,29,32H,9-12H2,1-2H3/t13-,14+,18-,19+,24?/m0/s1. The highest BCUT2D eigenvalue weighted by atomic mass is 19.2. The van der Waals surface area contributed by atoms with Gasteiger partial charge >= 0.3 is 0 Å². The SMILES string of the molecule is C[C@@H]1CN(C(=O)[C@@H]2CNC[C@H]2c2ccc(F)cc2F)C[C@H](C)C1(O)c1ccc(F)c(F)c1. The number of nitrogens with one attached hydrogen (secondary N) is 1. The molecule has 2 N–H and O–H groups in total. The fourth-order valence-electron chi connectivity index (χ4n) is 5.30. The molecule has 2 aromatic carbocycles. The summed E-state index contributed by atoms with van der Waals surface area (Å²) in [6.45, 7) is 4.73. The van der Waals surface area contributed by atoms with Crippen LogP contribution in [0.25, 0.3) is 0 Å². The van der Waals surface area contributed by atoms with Crippen LogP contribution in [0.2, 0.25) is 0 Å². The Morgan fingerprint density at radius 1 is 0.969 bits per heavy atom. The highest BCUT2D eigenvalue weighted by molar-refractivity contribution is 5.81. The second-order valence-electron chi connectivity index (χ2n) is 9.04. The lowest BCUT2D eigenvalue weighted by Crippen LogP contribution is -2.57. The minimum absolute atomic E-state index is 0.172. The first-order chi connectivity index (χ1) is 15.1. The molecule has 2 aliphatic heterocycles. The molecule has 0 aromatic heterocycles. The first-order valence-electron chi connectivity index (χ1n) is 10.7. The van der Waals surface area contributed by atoms with Gasteiger partial charge in [0.1, 0.15) is 11.6 Å². The largest absolute Gasteiger partial charge is 0.384 e. The third-order valence-electron chi connectivity index (χ3n) is 7.08. The minimum atomic E-state index is -1.43. The lowest BCUT2D eigenvalue weighted by atomic mass is 9.70. The van der Waals surface area contributed by atoms with Crippen molar-refractivity contribution < 1.29 is 27.5 Å². The van der Waals surface area contributed by atoms with Crippen LogP contribution < -0.4 is 5.32 Å². The van der Waals surface area contributed by atoms with Crippen molar-refractivity contribution in [3.8, 4) is 0 Å². The number of aliphatic hydroxyl groups is 1. The van der Waals surface area contributed by atoms with E-state index in [1.807, 2.05) is 0 Å². The van der Waals surface area contributed by atoms with Crippen molar-refractivity contribution in [2.75, 3.05) is 26.2 Å². The topological polar surface area (TPSA) is 52.6 Å². The summed E-state index contributed by atoms with van der Waals surface area (Å²) in [7, 11) is 0. The van der Waals surface area contributed by atoms with Crippen LogP contribution in [0, 0.1) is 41.0 Å². The Kier molecular flexibility index (Phi) is 6.02. The van der Waals surface area contributed by atoms with Gasteiger partial charge in [-0.2, -0.15) is 0 Å². The van der Waals surface area contributed by atoms with Crippen LogP contribution in [0.15, 0.2) is 36.4 Å². The quantitative estimate of drug-likeness (QED) is 0.704. The number of nitrogens with zero attached hydrogens (tertiary/aromatic N) is 1. The number of halogens is 4. The van der Waals surface area contributed by atoms with E-state index < -0.39 is 52.5 Å². The van der Waals surface area contributed by atoms with E-state index in [-0.39, 0.29) is 24.6 Å². The molecule has 2 heterocycles. The summed E-state index contributed by atoms with van der Waals surface area (Å²) in [6, 6.07) is 6.76. The van der Waals surface area contributed by atoms with Gasteiger partial charge in [0.2, 0.25) is 5.91 Å². The number of hydrogen-bond acceptors (Lipinski definition) is 3. The normalized spacial score (nSPS) is 30.5. The van der Waals surface area contributed by atoms with Gasteiger partial charge in [-0.25, -0.2) is 17.6 Å². The van der Waals surface area contributed by atoms with E-state index in [1.165, 1.54) is 18.2 Å². The summed E-state index contributed by atoms with van der Waals surface area (Å²) in [5.41, 5.74) is -0.856. The maximum absolute atomic E-state index is 14.4. The monoisotopic (exact) mass is 450 g/mol. The first-order valence-corrected chi connectivity index (χ1v) is 10.7. The number of carbonyl (C=O) groups excluding carboxylic acids is 1. The van der Waals surface area contributed by atoms with Crippen LogP contribution in [0.1, 0.15) is 30.9 Å². The number of benzene rings is 2. The maximum Gasteiger partial charge on any atom is 0.227 e. The maximum atomic E-state index is 14.4. The molecule has 4 nitrogen and oxygen atoms in total. The van der Waals surface area contributed by atoms with Crippen molar-refractivity contribution in [2.24, 2.45) is 17.8 Å². The Morgan fingerprint density at radius 3 is 2.28 bits per heavy atom. The predicted octanol–water partition coefficient (Wildman–Crippen LogP) is 3.55. The number of rotatable bonds is 3. The Morgan fingerprint density at radius 2 is 1.66 bits per heavy atom. The number of hydrogen-bond donors (Lipinski definition) is 2. The number of amides is 1. The molecule has 4 rings (SSSR count). The van der Waals surface area contributed by atoms with Crippen molar-refractivity contribution in [3.05, 3.63) is 70.8 Å². The molecule has 0 radical (unpaired) electrons. The van der Waals surface area contributed by atoms with Crippen molar-refractivity contribution in [2.45, 2.75) is 25.4 Å². The molecule has 2 aliphatic rings. The molecule has 0 spiro atoms. The summed E-state index contributed by atoms with van der Waals surface area (Å²) < 4.78 is 54.9. The van der Waals surface area contributed by atoms with E-state index in [0.29, 0.717) is 18.7 Å². The Balaban J connectivity index is 1.55. The molecule has 1 unspecified atom stereocenters. The van der Waals surface area contributed by atoms with Gasteiger partial charge in [0.15, 0.2) is 11.6 Å². The Hall–Kier alpha value is -2.45. The van der Waals surface area contributed by atoms with E-state index in [4.69, 9.17) is 0 Å². The van der Waals surface area contributed by atoms with Gasteiger partial charge < -0.3 is 15.3 Å². The molecule has 1 amide bonds. The molecule has 2 aromatic rings. The zero-order chi connectivity index (χ0) is 23.2. The van der Waals surface area contributed by atoms with Gasteiger partial charge in [-0.1, -0.05) is 26.0 Å². The second kappa shape index (κ2) is 8.48. The minimum Gasteiger partial charge on any atom is -0.384 e. The summed E-state index contributed by atoms with van der Waals surface area (Å²) in [5, 5.41) is 14.6. The van der Waals surface area contributed by atoms with Crippen LogP contribution in [0.5, 0.6) is 0 Å². The number of piperidine rings is 1. The van der Waals surface area contributed by atoms with Crippen molar-refractivity contribution >= 4 is 5.91 Å².